The Hall–Kier alpha value is -1.80. The zero-order valence-corrected chi connectivity index (χ0v) is 11.8. The number of nitrogens with one attached hydrogen (secondary N) is 1. The molecular weight excluding hydrogens is 234 g/mol. The lowest BCUT2D eigenvalue weighted by molar-refractivity contribution is 0.481. The van der Waals surface area contributed by atoms with Crippen LogP contribution in [0.5, 0.6) is 11.5 Å². The topological polar surface area (TPSA) is 21.3 Å². The molecule has 0 amide bonds. The SMILES string of the molecule is CCNC(C)c1ccc(Oc2cccc(C)c2)cc1. The summed E-state index contributed by atoms with van der Waals surface area (Å²) in [7, 11) is 0. The highest BCUT2D eigenvalue weighted by atomic mass is 16.5. The molecule has 1 unspecified atom stereocenters. The zero-order chi connectivity index (χ0) is 13.7. The smallest absolute Gasteiger partial charge is 0.127 e. The summed E-state index contributed by atoms with van der Waals surface area (Å²) >= 11 is 0. The lowest BCUT2D eigenvalue weighted by Crippen LogP contribution is -2.17. The van der Waals surface area contributed by atoms with Gasteiger partial charge < -0.3 is 10.1 Å². The number of ether oxygens (including phenoxy) is 1. The second-order valence-electron chi connectivity index (χ2n) is 4.77. The van der Waals surface area contributed by atoms with Gasteiger partial charge in [0.05, 0.1) is 0 Å². The van der Waals surface area contributed by atoms with Crippen LogP contribution in [-0.4, -0.2) is 6.54 Å². The first-order valence-corrected chi connectivity index (χ1v) is 6.77. The average molecular weight is 255 g/mol. The van der Waals surface area contributed by atoms with Crippen LogP contribution in [0.1, 0.15) is 31.0 Å². The van der Waals surface area contributed by atoms with Crippen LogP contribution >= 0.6 is 0 Å². The first-order chi connectivity index (χ1) is 9.19. The Kier molecular flexibility index (Phi) is 4.58. The van der Waals surface area contributed by atoms with Crippen LogP contribution < -0.4 is 10.1 Å². The van der Waals surface area contributed by atoms with Crippen molar-refractivity contribution in [2.24, 2.45) is 0 Å². The van der Waals surface area contributed by atoms with E-state index in [1.807, 2.05) is 30.3 Å². The van der Waals surface area contributed by atoms with Crippen LogP contribution in [0.25, 0.3) is 0 Å². The third-order valence-electron chi connectivity index (χ3n) is 3.12. The van der Waals surface area contributed by atoms with Gasteiger partial charge in [-0.05, 0) is 55.8 Å². The normalized spacial score (nSPS) is 12.2. The van der Waals surface area contributed by atoms with Gasteiger partial charge in [-0.2, -0.15) is 0 Å². The Morgan fingerprint density at radius 2 is 1.79 bits per heavy atom. The van der Waals surface area contributed by atoms with Gasteiger partial charge in [-0.3, -0.25) is 0 Å². The fourth-order valence-electron chi connectivity index (χ4n) is 2.06. The van der Waals surface area contributed by atoms with Gasteiger partial charge in [-0.15, -0.1) is 0 Å². The van der Waals surface area contributed by atoms with Crippen LogP contribution in [0.15, 0.2) is 48.5 Å². The fraction of sp³-hybridized carbons (Fsp3) is 0.294. The Bertz CT molecular complexity index is 519. The minimum atomic E-state index is 0.373. The van der Waals surface area contributed by atoms with Crippen molar-refractivity contribution in [3.63, 3.8) is 0 Å². The quantitative estimate of drug-likeness (QED) is 0.851. The van der Waals surface area contributed by atoms with Gasteiger partial charge in [-0.25, -0.2) is 0 Å². The van der Waals surface area contributed by atoms with Crippen molar-refractivity contribution in [2.45, 2.75) is 26.8 Å². The van der Waals surface area contributed by atoms with E-state index in [1.54, 1.807) is 0 Å². The van der Waals surface area contributed by atoms with E-state index < -0.39 is 0 Å². The van der Waals surface area contributed by atoms with Gasteiger partial charge in [0.25, 0.3) is 0 Å². The summed E-state index contributed by atoms with van der Waals surface area (Å²) in [6.07, 6.45) is 0. The molecule has 0 heterocycles. The van der Waals surface area contributed by atoms with Crippen LogP contribution in [0.3, 0.4) is 0 Å². The Morgan fingerprint density at radius 1 is 1.05 bits per heavy atom. The van der Waals surface area contributed by atoms with E-state index in [-0.39, 0.29) is 0 Å². The fourth-order valence-corrected chi connectivity index (χ4v) is 2.06. The van der Waals surface area contributed by atoms with Crippen LogP contribution in [-0.2, 0) is 0 Å². The summed E-state index contributed by atoms with van der Waals surface area (Å²) in [5.41, 5.74) is 2.48. The summed E-state index contributed by atoms with van der Waals surface area (Å²) in [4.78, 5) is 0. The van der Waals surface area contributed by atoms with Crippen molar-refractivity contribution in [1.29, 1.82) is 0 Å². The third-order valence-corrected chi connectivity index (χ3v) is 3.12. The number of benzene rings is 2. The Labute approximate surface area is 115 Å². The largest absolute Gasteiger partial charge is 0.457 e. The van der Waals surface area contributed by atoms with Crippen molar-refractivity contribution < 1.29 is 4.74 Å². The van der Waals surface area contributed by atoms with E-state index in [0.717, 1.165) is 18.0 Å². The molecular formula is C17H21NO. The second-order valence-corrected chi connectivity index (χ2v) is 4.77. The van der Waals surface area contributed by atoms with Crippen LogP contribution in [0.2, 0.25) is 0 Å². The van der Waals surface area contributed by atoms with Crippen LogP contribution in [0.4, 0.5) is 0 Å². The van der Waals surface area contributed by atoms with Gasteiger partial charge in [-0.1, -0.05) is 31.2 Å². The maximum atomic E-state index is 5.83. The maximum absolute atomic E-state index is 5.83. The third kappa shape index (κ3) is 3.83. The zero-order valence-electron chi connectivity index (χ0n) is 11.8. The first-order valence-electron chi connectivity index (χ1n) is 6.77. The molecule has 1 N–H and O–H groups in total. The molecule has 2 nitrogen and oxygen atoms in total. The Balaban J connectivity index is 2.06. The van der Waals surface area contributed by atoms with Crippen molar-refractivity contribution in [3.05, 3.63) is 59.7 Å². The number of rotatable bonds is 5. The van der Waals surface area contributed by atoms with Crippen molar-refractivity contribution in [3.8, 4) is 11.5 Å². The summed E-state index contributed by atoms with van der Waals surface area (Å²) < 4.78 is 5.83. The molecule has 0 saturated carbocycles. The summed E-state index contributed by atoms with van der Waals surface area (Å²) in [6.45, 7) is 7.32. The van der Waals surface area contributed by atoms with Gasteiger partial charge >= 0.3 is 0 Å². The maximum Gasteiger partial charge on any atom is 0.127 e. The molecule has 2 heteroatoms. The lowest BCUT2D eigenvalue weighted by atomic mass is 10.1. The van der Waals surface area contributed by atoms with E-state index in [0.29, 0.717) is 6.04 Å². The summed E-state index contributed by atoms with van der Waals surface area (Å²) in [5, 5.41) is 3.40. The molecule has 100 valence electrons. The molecule has 2 rings (SSSR count). The highest BCUT2D eigenvalue weighted by molar-refractivity contribution is 5.35. The molecule has 0 aliphatic carbocycles. The van der Waals surface area contributed by atoms with E-state index in [4.69, 9.17) is 4.74 Å². The molecule has 19 heavy (non-hydrogen) atoms. The molecule has 2 aromatic rings. The van der Waals surface area contributed by atoms with Gasteiger partial charge in [0.15, 0.2) is 0 Å². The average Bonchev–Trinajstić information content (AvgIpc) is 2.40. The van der Waals surface area contributed by atoms with E-state index in [1.165, 1.54) is 11.1 Å². The van der Waals surface area contributed by atoms with Gasteiger partial charge in [0.2, 0.25) is 0 Å². The second kappa shape index (κ2) is 6.39. The molecule has 0 spiro atoms. The minimum absolute atomic E-state index is 0.373. The predicted molar refractivity (Wildman–Crippen MR) is 79.8 cm³/mol. The molecule has 0 saturated heterocycles. The Morgan fingerprint density at radius 3 is 2.42 bits per heavy atom. The predicted octanol–water partition coefficient (Wildman–Crippen LogP) is 4.46. The number of aryl methyl sites for hydroxylation is 1. The highest BCUT2D eigenvalue weighted by Crippen LogP contribution is 2.23. The molecule has 0 aliphatic heterocycles. The molecule has 0 bridgehead atoms. The van der Waals surface area contributed by atoms with E-state index in [9.17, 15) is 0 Å². The van der Waals surface area contributed by atoms with E-state index in [2.05, 4.69) is 44.3 Å². The number of hydrogen-bond donors (Lipinski definition) is 1. The lowest BCUT2D eigenvalue weighted by Gasteiger charge is -2.13. The summed E-state index contributed by atoms with van der Waals surface area (Å²) in [6, 6.07) is 16.7. The minimum Gasteiger partial charge on any atom is -0.457 e. The molecule has 0 aliphatic rings. The van der Waals surface area contributed by atoms with Crippen molar-refractivity contribution >= 4 is 0 Å². The number of hydrogen-bond acceptors (Lipinski definition) is 2. The molecule has 2 aromatic carbocycles. The van der Waals surface area contributed by atoms with Gasteiger partial charge in [0.1, 0.15) is 11.5 Å². The van der Waals surface area contributed by atoms with Crippen molar-refractivity contribution in [1.82, 2.24) is 5.32 Å². The standard InChI is InChI=1S/C17H21NO/c1-4-18-14(3)15-8-10-16(11-9-15)19-17-7-5-6-13(2)12-17/h5-12,14,18H,4H2,1-3H3. The first kappa shape index (κ1) is 13.6. The molecule has 1 atom stereocenters. The highest BCUT2D eigenvalue weighted by Gasteiger charge is 2.04. The molecule has 0 radical (unpaired) electrons. The molecule has 0 fully saturated rings. The van der Waals surface area contributed by atoms with Crippen LogP contribution in [0, 0.1) is 6.92 Å². The summed E-state index contributed by atoms with van der Waals surface area (Å²) in [5.74, 6) is 1.76. The van der Waals surface area contributed by atoms with E-state index >= 15 is 0 Å². The monoisotopic (exact) mass is 255 g/mol. The molecule has 0 aromatic heterocycles. The van der Waals surface area contributed by atoms with Crippen molar-refractivity contribution in [2.75, 3.05) is 6.54 Å². The van der Waals surface area contributed by atoms with Gasteiger partial charge in [0, 0.05) is 6.04 Å².